The van der Waals surface area contributed by atoms with Crippen LogP contribution in [0.5, 0.6) is 0 Å². The van der Waals surface area contributed by atoms with Gasteiger partial charge in [0.1, 0.15) is 54.9 Å². The lowest BCUT2D eigenvalue weighted by atomic mass is 9.89. The quantitative estimate of drug-likeness (QED) is 0.212. The van der Waals surface area contributed by atoms with Crippen molar-refractivity contribution in [3.05, 3.63) is 0 Å². The molecular weight excluding hydrogens is 320 g/mol. The molecule has 0 saturated carbocycles. The largest absolute Gasteiger partial charge is 0.394 e. The fraction of sp³-hybridized carbons (Fsp3) is 0.917. The van der Waals surface area contributed by atoms with Crippen LogP contribution in [0.3, 0.4) is 0 Å². The van der Waals surface area contributed by atoms with Crippen molar-refractivity contribution in [1.82, 2.24) is 0 Å². The zero-order valence-electron chi connectivity index (χ0n) is 12.0. The van der Waals surface area contributed by atoms with Gasteiger partial charge in [-0.15, -0.1) is 0 Å². The van der Waals surface area contributed by atoms with Crippen LogP contribution in [0.25, 0.3) is 0 Å². The molecule has 0 aromatic heterocycles. The van der Waals surface area contributed by atoms with E-state index in [1.807, 2.05) is 0 Å². The van der Waals surface area contributed by atoms with Gasteiger partial charge in [0, 0.05) is 0 Å². The van der Waals surface area contributed by atoms with Gasteiger partial charge < -0.3 is 50.7 Å². The molecule has 9 atom stereocenters. The number of ether oxygens (including phenoxy) is 1. The molecule has 0 unspecified atom stereocenters. The monoisotopic (exact) mass is 342 g/mol. The van der Waals surface area contributed by atoms with Crippen molar-refractivity contribution in [2.24, 2.45) is 0 Å². The number of hydrogen-bond donors (Lipinski definition) is 9. The molecule has 0 bridgehead atoms. The van der Waals surface area contributed by atoms with Crippen molar-refractivity contribution in [3.8, 4) is 0 Å². The van der Waals surface area contributed by atoms with Crippen molar-refractivity contribution in [2.45, 2.75) is 54.9 Å². The molecule has 0 aliphatic carbocycles. The Morgan fingerprint density at radius 2 is 1.48 bits per heavy atom. The van der Waals surface area contributed by atoms with Crippen LogP contribution >= 0.6 is 0 Å². The molecule has 0 amide bonds. The molecule has 9 N–H and O–H groups in total. The maximum atomic E-state index is 12.1. The summed E-state index contributed by atoms with van der Waals surface area (Å²) in [5.41, 5.74) is 0. The Labute approximate surface area is 130 Å². The zero-order valence-corrected chi connectivity index (χ0v) is 12.0. The maximum absolute atomic E-state index is 12.1. The molecule has 1 heterocycles. The van der Waals surface area contributed by atoms with Gasteiger partial charge in [0.2, 0.25) is 0 Å². The van der Waals surface area contributed by atoms with Crippen LogP contribution in [0.15, 0.2) is 0 Å². The summed E-state index contributed by atoms with van der Waals surface area (Å²) in [7, 11) is 0. The molecule has 0 aromatic rings. The van der Waals surface area contributed by atoms with Gasteiger partial charge in [0.05, 0.1) is 13.2 Å². The summed E-state index contributed by atoms with van der Waals surface area (Å²) in [6.07, 6.45) is -17.2. The average molecular weight is 342 g/mol. The third-order valence-corrected chi connectivity index (χ3v) is 3.72. The number of aliphatic hydroxyl groups excluding tert-OH is 9. The van der Waals surface area contributed by atoms with Crippen LogP contribution in [0.2, 0.25) is 0 Å². The minimum absolute atomic E-state index is 0.792. The Bertz CT molecular complexity index is 389. The number of Topliss-reactive ketones (excluding diaryl/α,β-unsaturated/α-hetero) is 1. The van der Waals surface area contributed by atoms with Crippen LogP contribution in [-0.2, 0) is 9.53 Å². The molecular formula is C12H22O11. The van der Waals surface area contributed by atoms with Gasteiger partial charge in [-0.3, -0.25) is 4.79 Å². The van der Waals surface area contributed by atoms with Gasteiger partial charge in [-0.2, -0.15) is 0 Å². The summed E-state index contributed by atoms with van der Waals surface area (Å²) in [6.45, 7) is -1.74. The third kappa shape index (κ3) is 4.22. The SMILES string of the molecule is O=C([C@@H](O)[C@@H](O)[C@H](O)[C@H](O)CO)[C@H]1O[C@H](CO)[C@@H](O)[C@H](O)[C@H]1O. The molecule has 1 saturated heterocycles. The summed E-state index contributed by atoms with van der Waals surface area (Å²) in [5.74, 6) is -1.35. The van der Waals surface area contributed by atoms with E-state index in [2.05, 4.69) is 0 Å². The van der Waals surface area contributed by atoms with E-state index < -0.39 is 73.9 Å². The number of aliphatic hydroxyl groups is 9. The fourth-order valence-corrected chi connectivity index (χ4v) is 2.20. The minimum atomic E-state index is -2.33. The first-order valence-electron chi connectivity index (χ1n) is 6.84. The van der Waals surface area contributed by atoms with Crippen LogP contribution < -0.4 is 0 Å². The highest BCUT2D eigenvalue weighted by molar-refractivity contribution is 5.88. The second-order valence-corrected chi connectivity index (χ2v) is 5.33. The molecule has 136 valence electrons. The maximum Gasteiger partial charge on any atom is 0.195 e. The van der Waals surface area contributed by atoms with Gasteiger partial charge in [-0.1, -0.05) is 0 Å². The van der Waals surface area contributed by atoms with Gasteiger partial charge in [0.15, 0.2) is 5.78 Å². The number of carbonyl (C=O) groups excluding carboxylic acids is 1. The standard InChI is InChI=1S/C12H22O11/c13-1-3(15)5(16)7(18)9(20)11(22)12-10(21)8(19)6(17)4(2-14)23-12/h3-10,12-21H,1-2H2/t3-,4-,5-,6-,7+,8+,9+,10-,12+/m1/s1. The highest BCUT2D eigenvalue weighted by Gasteiger charge is 2.49. The Kier molecular flexibility index (Phi) is 7.41. The lowest BCUT2D eigenvalue weighted by Crippen LogP contribution is -2.63. The highest BCUT2D eigenvalue weighted by Crippen LogP contribution is 2.23. The van der Waals surface area contributed by atoms with Gasteiger partial charge >= 0.3 is 0 Å². The van der Waals surface area contributed by atoms with E-state index in [-0.39, 0.29) is 0 Å². The predicted octanol–water partition coefficient (Wildman–Crippen LogP) is -6.17. The van der Waals surface area contributed by atoms with E-state index in [0.717, 1.165) is 0 Å². The number of ketones is 1. The van der Waals surface area contributed by atoms with Crippen LogP contribution in [0.1, 0.15) is 0 Å². The lowest BCUT2D eigenvalue weighted by molar-refractivity contribution is -0.231. The van der Waals surface area contributed by atoms with Gasteiger partial charge in [-0.25, -0.2) is 0 Å². The number of rotatable bonds is 7. The van der Waals surface area contributed by atoms with Gasteiger partial charge in [0.25, 0.3) is 0 Å². The summed E-state index contributed by atoms with van der Waals surface area (Å²) >= 11 is 0. The van der Waals surface area contributed by atoms with E-state index in [9.17, 15) is 40.5 Å². The van der Waals surface area contributed by atoms with Crippen molar-refractivity contribution in [3.63, 3.8) is 0 Å². The van der Waals surface area contributed by atoms with Crippen molar-refractivity contribution >= 4 is 5.78 Å². The average Bonchev–Trinajstić information content (AvgIpc) is 2.56. The molecule has 0 radical (unpaired) electrons. The molecule has 23 heavy (non-hydrogen) atoms. The fourth-order valence-electron chi connectivity index (χ4n) is 2.20. The molecule has 1 aliphatic rings. The van der Waals surface area contributed by atoms with Crippen molar-refractivity contribution in [1.29, 1.82) is 0 Å². The highest BCUT2D eigenvalue weighted by atomic mass is 16.5. The van der Waals surface area contributed by atoms with E-state index >= 15 is 0 Å². The topological polar surface area (TPSA) is 208 Å². The Morgan fingerprint density at radius 3 is 1.96 bits per heavy atom. The van der Waals surface area contributed by atoms with E-state index in [0.29, 0.717) is 0 Å². The van der Waals surface area contributed by atoms with Crippen LogP contribution in [-0.4, -0.2) is 120 Å². The molecule has 1 rings (SSSR count). The van der Waals surface area contributed by atoms with Gasteiger partial charge in [-0.05, 0) is 0 Å². The normalized spacial score (nSPS) is 37.0. The Hall–Kier alpha value is -0.730. The van der Waals surface area contributed by atoms with Crippen molar-refractivity contribution in [2.75, 3.05) is 13.2 Å². The first-order valence-corrected chi connectivity index (χ1v) is 6.84. The number of hydrogen-bond acceptors (Lipinski definition) is 11. The van der Waals surface area contributed by atoms with Crippen molar-refractivity contribution < 1.29 is 55.5 Å². The lowest BCUT2D eigenvalue weighted by Gasteiger charge is -2.40. The smallest absolute Gasteiger partial charge is 0.195 e. The molecule has 11 heteroatoms. The Balaban J connectivity index is 2.85. The molecule has 11 nitrogen and oxygen atoms in total. The molecule has 1 fully saturated rings. The second kappa shape index (κ2) is 8.39. The molecule has 1 aliphatic heterocycles. The second-order valence-electron chi connectivity index (χ2n) is 5.33. The minimum Gasteiger partial charge on any atom is -0.394 e. The summed E-state index contributed by atoms with van der Waals surface area (Å²) in [6, 6.07) is 0. The first-order chi connectivity index (χ1) is 10.7. The van der Waals surface area contributed by atoms with Crippen LogP contribution in [0.4, 0.5) is 0 Å². The molecule has 0 aromatic carbocycles. The third-order valence-electron chi connectivity index (χ3n) is 3.72. The van der Waals surface area contributed by atoms with E-state index in [1.54, 1.807) is 0 Å². The zero-order chi connectivity index (χ0) is 17.9. The predicted molar refractivity (Wildman–Crippen MR) is 69.9 cm³/mol. The summed E-state index contributed by atoms with van der Waals surface area (Å²) in [4.78, 5) is 12.1. The van der Waals surface area contributed by atoms with E-state index in [4.69, 9.17) is 14.9 Å². The Morgan fingerprint density at radius 1 is 0.913 bits per heavy atom. The summed E-state index contributed by atoms with van der Waals surface area (Å²) in [5, 5.41) is 84.5. The summed E-state index contributed by atoms with van der Waals surface area (Å²) < 4.78 is 4.91. The molecule has 0 spiro atoms. The number of carbonyl (C=O) groups is 1. The van der Waals surface area contributed by atoms with Crippen LogP contribution in [0, 0.1) is 0 Å². The van der Waals surface area contributed by atoms with E-state index in [1.165, 1.54) is 0 Å². The first kappa shape index (κ1) is 20.3.